The molecule has 3 nitrogen and oxygen atoms in total. The minimum atomic E-state index is -0.362. The number of hydrogen-bond donors (Lipinski definition) is 1. The largest absolute Gasteiger partial charge is 0.341 e. The van der Waals surface area contributed by atoms with Gasteiger partial charge in [-0.1, -0.05) is 44.2 Å². The molecule has 2 N–H and O–H groups in total. The average Bonchev–Trinajstić information content (AvgIpc) is 2.87. The van der Waals surface area contributed by atoms with Gasteiger partial charge >= 0.3 is 0 Å². The number of carbonyl (C=O) groups excluding carboxylic acids is 1. The fraction of sp³-hybridized carbons (Fsp3) is 0.533. The molecule has 1 amide bonds. The lowest BCUT2D eigenvalue weighted by Crippen LogP contribution is -2.45. The van der Waals surface area contributed by atoms with Crippen LogP contribution in [0.5, 0.6) is 0 Å². The van der Waals surface area contributed by atoms with Crippen LogP contribution in [0, 0.1) is 5.92 Å². The number of likely N-dealkylation sites (tertiary alicyclic amines) is 1. The molecule has 1 saturated heterocycles. The lowest BCUT2D eigenvalue weighted by molar-refractivity contribution is -0.132. The highest BCUT2D eigenvalue weighted by atomic mass is 16.2. The van der Waals surface area contributed by atoms with Crippen LogP contribution in [-0.2, 0) is 4.79 Å². The summed E-state index contributed by atoms with van der Waals surface area (Å²) in [5.41, 5.74) is 7.26. The number of rotatable bonds is 3. The molecule has 3 heteroatoms. The van der Waals surface area contributed by atoms with Crippen molar-refractivity contribution in [2.45, 2.75) is 32.2 Å². The van der Waals surface area contributed by atoms with Crippen LogP contribution < -0.4 is 5.73 Å². The third-order valence-corrected chi connectivity index (χ3v) is 3.77. The number of amides is 1. The van der Waals surface area contributed by atoms with Crippen LogP contribution >= 0.6 is 0 Å². The zero-order chi connectivity index (χ0) is 13.1. The molecule has 2 rings (SSSR count). The first kappa shape index (κ1) is 13.1. The molecule has 2 atom stereocenters. The maximum atomic E-state index is 12.2. The predicted molar refractivity (Wildman–Crippen MR) is 73.2 cm³/mol. The first-order chi connectivity index (χ1) is 8.59. The molecule has 18 heavy (non-hydrogen) atoms. The van der Waals surface area contributed by atoms with E-state index in [1.165, 1.54) is 5.56 Å². The molecular formula is C15H22N2O. The standard InChI is InChI=1S/C15H22N2O/c1-11(2)14(16)15(18)17-9-8-13(10-17)12-6-4-3-5-7-12/h3-7,11,13-14H,8-10,16H2,1-2H3. The van der Waals surface area contributed by atoms with Crippen molar-refractivity contribution in [3.8, 4) is 0 Å². The van der Waals surface area contributed by atoms with Gasteiger partial charge in [0, 0.05) is 19.0 Å². The van der Waals surface area contributed by atoms with Crippen molar-refractivity contribution in [2.24, 2.45) is 11.7 Å². The number of benzene rings is 1. The van der Waals surface area contributed by atoms with E-state index in [4.69, 9.17) is 5.73 Å². The summed E-state index contributed by atoms with van der Waals surface area (Å²) in [6, 6.07) is 10.1. The summed E-state index contributed by atoms with van der Waals surface area (Å²) < 4.78 is 0. The highest BCUT2D eigenvalue weighted by Crippen LogP contribution is 2.27. The first-order valence-electron chi connectivity index (χ1n) is 6.69. The molecule has 0 radical (unpaired) electrons. The van der Waals surface area contributed by atoms with Crippen LogP contribution in [0.25, 0.3) is 0 Å². The highest BCUT2D eigenvalue weighted by Gasteiger charge is 2.30. The predicted octanol–water partition coefficient (Wildman–Crippen LogP) is 1.99. The van der Waals surface area contributed by atoms with E-state index in [1.54, 1.807) is 0 Å². The molecule has 2 unspecified atom stereocenters. The molecule has 0 saturated carbocycles. The third kappa shape index (κ3) is 2.72. The maximum Gasteiger partial charge on any atom is 0.239 e. The second-order valence-electron chi connectivity index (χ2n) is 5.45. The maximum absolute atomic E-state index is 12.2. The van der Waals surface area contributed by atoms with Crippen molar-refractivity contribution >= 4 is 5.91 Å². The van der Waals surface area contributed by atoms with Crippen molar-refractivity contribution in [3.05, 3.63) is 35.9 Å². The fourth-order valence-electron chi connectivity index (χ4n) is 2.45. The third-order valence-electron chi connectivity index (χ3n) is 3.77. The molecule has 1 aliphatic rings. The topological polar surface area (TPSA) is 46.3 Å². The summed E-state index contributed by atoms with van der Waals surface area (Å²) in [5.74, 6) is 0.770. The zero-order valence-electron chi connectivity index (χ0n) is 11.2. The lowest BCUT2D eigenvalue weighted by atomic mass is 9.99. The van der Waals surface area contributed by atoms with E-state index in [9.17, 15) is 4.79 Å². The number of nitrogens with two attached hydrogens (primary N) is 1. The summed E-state index contributed by atoms with van der Waals surface area (Å²) >= 11 is 0. The van der Waals surface area contributed by atoms with E-state index in [0.29, 0.717) is 5.92 Å². The quantitative estimate of drug-likeness (QED) is 0.886. The highest BCUT2D eigenvalue weighted by molar-refractivity contribution is 5.82. The van der Waals surface area contributed by atoms with Gasteiger partial charge in [0.05, 0.1) is 6.04 Å². The summed E-state index contributed by atoms with van der Waals surface area (Å²) in [5, 5.41) is 0. The van der Waals surface area contributed by atoms with Gasteiger partial charge in [0.2, 0.25) is 5.91 Å². The van der Waals surface area contributed by atoms with Crippen LogP contribution in [0.1, 0.15) is 31.7 Å². The Hall–Kier alpha value is -1.35. The molecule has 98 valence electrons. The van der Waals surface area contributed by atoms with Crippen molar-refractivity contribution in [1.29, 1.82) is 0 Å². The Kier molecular flexibility index (Phi) is 4.02. The van der Waals surface area contributed by atoms with E-state index >= 15 is 0 Å². The van der Waals surface area contributed by atoms with Gasteiger partial charge in [0.25, 0.3) is 0 Å². The van der Waals surface area contributed by atoms with Crippen molar-refractivity contribution in [3.63, 3.8) is 0 Å². The average molecular weight is 246 g/mol. The minimum Gasteiger partial charge on any atom is -0.341 e. The molecule has 0 spiro atoms. The van der Waals surface area contributed by atoms with E-state index in [2.05, 4.69) is 24.3 Å². The van der Waals surface area contributed by atoms with Gasteiger partial charge in [-0.25, -0.2) is 0 Å². The fourth-order valence-corrected chi connectivity index (χ4v) is 2.45. The van der Waals surface area contributed by atoms with E-state index in [-0.39, 0.29) is 17.9 Å². The van der Waals surface area contributed by atoms with Crippen LogP contribution in [0.4, 0.5) is 0 Å². The molecule has 1 fully saturated rings. The van der Waals surface area contributed by atoms with Gasteiger partial charge in [-0.3, -0.25) is 4.79 Å². The number of carbonyl (C=O) groups is 1. The molecule has 0 bridgehead atoms. The second kappa shape index (κ2) is 5.53. The molecule has 1 aromatic carbocycles. The summed E-state index contributed by atoms with van der Waals surface area (Å²) in [6.07, 6.45) is 1.04. The Bertz CT molecular complexity index is 402. The van der Waals surface area contributed by atoms with E-state index in [0.717, 1.165) is 19.5 Å². The molecule has 1 aliphatic heterocycles. The lowest BCUT2D eigenvalue weighted by Gasteiger charge is -2.23. The van der Waals surface area contributed by atoms with Crippen LogP contribution in [-0.4, -0.2) is 29.9 Å². The number of hydrogen-bond acceptors (Lipinski definition) is 2. The monoisotopic (exact) mass is 246 g/mol. The Morgan fingerprint density at radius 3 is 2.61 bits per heavy atom. The van der Waals surface area contributed by atoms with E-state index in [1.807, 2.05) is 24.8 Å². The van der Waals surface area contributed by atoms with E-state index < -0.39 is 0 Å². The Morgan fingerprint density at radius 2 is 2.00 bits per heavy atom. The van der Waals surface area contributed by atoms with Crippen LogP contribution in [0.2, 0.25) is 0 Å². The van der Waals surface area contributed by atoms with Crippen molar-refractivity contribution in [1.82, 2.24) is 4.90 Å². The molecule has 1 aromatic rings. The number of nitrogens with zero attached hydrogens (tertiary/aromatic N) is 1. The van der Waals surface area contributed by atoms with Crippen LogP contribution in [0.3, 0.4) is 0 Å². The molecule has 1 heterocycles. The summed E-state index contributed by atoms with van der Waals surface area (Å²) in [4.78, 5) is 14.1. The van der Waals surface area contributed by atoms with Gasteiger partial charge in [-0.2, -0.15) is 0 Å². The van der Waals surface area contributed by atoms with Crippen molar-refractivity contribution < 1.29 is 4.79 Å². The minimum absolute atomic E-state index is 0.100. The van der Waals surface area contributed by atoms with Gasteiger partial charge < -0.3 is 10.6 Å². The SMILES string of the molecule is CC(C)C(N)C(=O)N1CCC(c2ccccc2)C1. The van der Waals surface area contributed by atoms with Crippen molar-refractivity contribution in [2.75, 3.05) is 13.1 Å². The normalized spacial score (nSPS) is 21.3. The Labute approximate surface area is 109 Å². The molecule has 0 aromatic heterocycles. The van der Waals surface area contributed by atoms with Gasteiger partial charge in [-0.15, -0.1) is 0 Å². The zero-order valence-corrected chi connectivity index (χ0v) is 11.2. The summed E-state index contributed by atoms with van der Waals surface area (Å²) in [7, 11) is 0. The summed E-state index contributed by atoms with van der Waals surface area (Å²) in [6.45, 7) is 5.63. The Morgan fingerprint density at radius 1 is 1.33 bits per heavy atom. The Balaban J connectivity index is 1.99. The first-order valence-corrected chi connectivity index (χ1v) is 6.69. The van der Waals surface area contributed by atoms with Gasteiger partial charge in [-0.05, 0) is 17.9 Å². The molecule has 0 aliphatic carbocycles. The van der Waals surface area contributed by atoms with Gasteiger partial charge in [0.15, 0.2) is 0 Å². The van der Waals surface area contributed by atoms with Gasteiger partial charge in [0.1, 0.15) is 0 Å². The molecular weight excluding hydrogens is 224 g/mol. The second-order valence-corrected chi connectivity index (χ2v) is 5.45. The smallest absolute Gasteiger partial charge is 0.239 e. The van der Waals surface area contributed by atoms with Crippen LogP contribution in [0.15, 0.2) is 30.3 Å².